The molecular weight excluding hydrogens is 331 g/mol. The minimum Gasteiger partial charge on any atom is -0.387 e. The zero-order chi connectivity index (χ0) is 17.8. The van der Waals surface area contributed by atoms with Gasteiger partial charge in [0.25, 0.3) is 0 Å². The topological polar surface area (TPSA) is 60.9 Å². The van der Waals surface area contributed by atoms with Crippen molar-refractivity contribution in [3.63, 3.8) is 0 Å². The van der Waals surface area contributed by atoms with Gasteiger partial charge in [0.15, 0.2) is 0 Å². The van der Waals surface area contributed by atoms with Crippen LogP contribution in [0.25, 0.3) is 11.3 Å². The fourth-order valence-corrected chi connectivity index (χ4v) is 2.62. The Morgan fingerprint density at radius 1 is 1.00 bits per heavy atom. The van der Waals surface area contributed by atoms with E-state index in [1.54, 1.807) is 18.2 Å². The van der Waals surface area contributed by atoms with Crippen LogP contribution in [0, 0.1) is 17.5 Å². The smallest absolute Gasteiger partial charge is 0.132 e. The van der Waals surface area contributed by atoms with Crippen molar-refractivity contribution in [3.05, 3.63) is 77.2 Å². The first kappa shape index (κ1) is 17.2. The number of halogens is 3. The van der Waals surface area contributed by atoms with Crippen molar-refractivity contribution < 1.29 is 18.3 Å². The third kappa shape index (κ3) is 3.72. The summed E-state index contributed by atoms with van der Waals surface area (Å²) in [4.78, 5) is 0. The Kier molecular flexibility index (Phi) is 5.16. The van der Waals surface area contributed by atoms with Gasteiger partial charge in [0.05, 0.1) is 23.6 Å². The Morgan fingerprint density at radius 2 is 1.68 bits per heavy atom. The Labute approximate surface area is 142 Å². The molecule has 0 aliphatic rings. The summed E-state index contributed by atoms with van der Waals surface area (Å²) < 4.78 is 41.2. The van der Waals surface area contributed by atoms with Crippen molar-refractivity contribution in [1.29, 1.82) is 0 Å². The number of nitrogens with zero attached hydrogens (tertiary/aromatic N) is 1. The summed E-state index contributed by atoms with van der Waals surface area (Å²) in [6, 6.07) is 9.68. The summed E-state index contributed by atoms with van der Waals surface area (Å²) in [6.45, 7) is 0.174. The van der Waals surface area contributed by atoms with E-state index < -0.39 is 17.7 Å². The third-order valence-corrected chi connectivity index (χ3v) is 3.85. The fraction of sp³-hybridized carbons (Fsp3) is 0.167. The summed E-state index contributed by atoms with van der Waals surface area (Å²) in [5.41, 5.74) is 1.18. The molecule has 1 atom stereocenters. The first-order chi connectivity index (χ1) is 12.1. The molecule has 1 aromatic heterocycles. The van der Waals surface area contributed by atoms with Crippen molar-refractivity contribution in [1.82, 2.24) is 15.5 Å². The Hall–Kier alpha value is -2.64. The quantitative estimate of drug-likeness (QED) is 0.641. The molecule has 0 aliphatic heterocycles. The van der Waals surface area contributed by atoms with Crippen molar-refractivity contribution in [3.8, 4) is 11.3 Å². The maximum atomic E-state index is 13.9. The van der Waals surface area contributed by atoms with Crippen LogP contribution in [0.4, 0.5) is 13.2 Å². The molecule has 3 N–H and O–H groups in total. The molecule has 25 heavy (non-hydrogen) atoms. The second-order valence-electron chi connectivity index (χ2n) is 5.53. The number of nitrogens with one attached hydrogen (secondary N) is 2. The third-order valence-electron chi connectivity index (χ3n) is 3.85. The number of H-pyrrole nitrogens is 1. The maximum Gasteiger partial charge on any atom is 0.132 e. The lowest BCUT2D eigenvalue weighted by molar-refractivity contribution is 0.164. The zero-order valence-corrected chi connectivity index (χ0v) is 13.1. The van der Waals surface area contributed by atoms with Crippen molar-refractivity contribution >= 4 is 0 Å². The summed E-state index contributed by atoms with van der Waals surface area (Å²) in [7, 11) is 0. The van der Waals surface area contributed by atoms with Crippen LogP contribution in [0.5, 0.6) is 0 Å². The summed E-state index contributed by atoms with van der Waals surface area (Å²) >= 11 is 0. The Bertz CT molecular complexity index is 846. The van der Waals surface area contributed by atoms with Crippen LogP contribution in [0.15, 0.2) is 48.7 Å². The second kappa shape index (κ2) is 7.50. The SMILES string of the molecule is OC(CNCc1cn[nH]c1-c1ccccc1F)c1c(F)cccc1F. The first-order valence-corrected chi connectivity index (χ1v) is 7.67. The number of aliphatic hydroxyl groups excluding tert-OH is 1. The highest BCUT2D eigenvalue weighted by atomic mass is 19.1. The molecule has 7 heteroatoms. The average Bonchev–Trinajstić information content (AvgIpc) is 3.03. The number of rotatable bonds is 6. The van der Waals surface area contributed by atoms with E-state index in [0.29, 0.717) is 16.8 Å². The average molecular weight is 347 g/mol. The van der Waals surface area contributed by atoms with Gasteiger partial charge in [0, 0.05) is 24.2 Å². The van der Waals surface area contributed by atoms with Gasteiger partial charge in [0.1, 0.15) is 17.5 Å². The minimum atomic E-state index is -1.34. The molecular formula is C18H16F3N3O. The summed E-state index contributed by atoms with van der Waals surface area (Å²) in [5.74, 6) is -1.99. The molecule has 3 rings (SSSR count). The van der Waals surface area contributed by atoms with Gasteiger partial charge in [-0.3, -0.25) is 5.10 Å². The molecule has 1 unspecified atom stereocenters. The molecule has 0 saturated heterocycles. The summed E-state index contributed by atoms with van der Waals surface area (Å²) in [6.07, 6.45) is 0.190. The maximum absolute atomic E-state index is 13.9. The molecule has 130 valence electrons. The molecule has 0 amide bonds. The van der Waals surface area contributed by atoms with Gasteiger partial charge in [-0.2, -0.15) is 5.10 Å². The Balaban J connectivity index is 1.68. The minimum absolute atomic E-state index is 0.0697. The van der Waals surface area contributed by atoms with Crippen LogP contribution >= 0.6 is 0 Å². The van der Waals surface area contributed by atoms with Crippen LogP contribution in [0.3, 0.4) is 0 Å². The number of benzene rings is 2. The number of aromatic nitrogens is 2. The first-order valence-electron chi connectivity index (χ1n) is 7.67. The number of hydrogen-bond acceptors (Lipinski definition) is 3. The van der Waals surface area contributed by atoms with Gasteiger partial charge < -0.3 is 10.4 Å². The van der Waals surface area contributed by atoms with Crippen LogP contribution in [0.2, 0.25) is 0 Å². The van der Waals surface area contributed by atoms with Gasteiger partial charge in [-0.05, 0) is 24.3 Å². The molecule has 3 aromatic rings. The van der Waals surface area contributed by atoms with Crippen molar-refractivity contribution in [2.45, 2.75) is 12.6 Å². The molecule has 0 bridgehead atoms. The second-order valence-corrected chi connectivity index (χ2v) is 5.53. The van der Waals surface area contributed by atoms with E-state index in [4.69, 9.17) is 0 Å². The molecule has 0 spiro atoms. The largest absolute Gasteiger partial charge is 0.387 e. The standard InChI is InChI=1S/C18H16F3N3O/c19-13-5-2-1-4-12(13)18-11(9-23-24-18)8-22-10-16(25)17-14(20)6-3-7-15(17)21/h1-7,9,16,22,25H,8,10H2,(H,23,24). The lowest BCUT2D eigenvalue weighted by atomic mass is 10.1. The van der Waals surface area contributed by atoms with E-state index in [1.807, 2.05) is 0 Å². The number of aromatic amines is 1. The van der Waals surface area contributed by atoms with Gasteiger partial charge in [0.2, 0.25) is 0 Å². The fourth-order valence-electron chi connectivity index (χ4n) is 2.62. The predicted molar refractivity (Wildman–Crippen MR) is 87.0 cm³/mol. The molecule has 4 nitrogen and oxygen atoms in total. The molecule has 0 saturated carbocycles. The molecule has 0 fully saturated rings. The highest BCUT2D eigenvalue weighted by Crippen LogP contribution is 2.24. The molecule has 0 aliphatic carbocycles. The van der Waals surface area contributed by atoms with Crippen molar-refractivity contribution in [2.24, 2.45) is 0 Å². The van der Waals surface area contributed by atoms with E-state index in [-0.39, 0.29) is 24.5 Å². The van der Waals surface area contributed by atoms with E-state index in [0.717, 1.165) is 12.1 Å². The van der Waals surface area contributed by atoms with Crippen LogP contribution in [0.1, 0.15) is 17.2 Å². The predicted octanol–water partition coefficient (Wildman–Crippen LogP) is 3.32. The van der Waals surface area contributed by atoms with Crippen LogP contribution in [-0.2, 0) is 6.54 Å². The summed E-state index contributed by atoms with van der Waals surface area (Å²) in [5, 5.41) is 19.6. The van der Waals surface area contributed by atoms with E-state index in [2.05, 4.69) is 15.5 Å². The van der Waals surface area contributed by atoms with Gasteiger partial charge >= 0.3 is 0 Å². The Morgan fingerprint density at radius 3 is 2.40 bits per heavy atom. The number of aliphatic hydroxyl groups is 1. The highest BCUT2D eigenvalue weighted by molar-refractivity contribution is 5.63. The zero-order valence-electron chi connectivity index (χ0n) is 13.1. The lowest BCUT2D eigenvalue weighted by Crippen LogP contribution is -2.22. The lowest BCUT2D eigenvalue weighted by Gasteiger charge is -2.14. The van der Waals surface area contributed by atoms with Crippen LogP contribution < -0.4 is 5.32 Å². The van der Waals surface area contributed by atoms with Gasteiger partial charge in [-0.15, -0.1) is 0 Å². The van der Waals surface area contributed by atoms with E-state index in [9.17, 15) is 18.3 Å². The molecule has 0 radical (unpaired) electrons. The van der Waals surface area contributed by atoms with E-state index in [1.165, 1.54) is 18.3 Å². The van der Waals surface area contributed by atoms with Gasteiger partial charge in [-0.25, -0.2) is 13.2 Å². The highest BCUT2D eigenvalue weighted by Gasteiger charge is 2.18. The van der Waals surface area contributed by atoms with E-state index >= 15 is 0 Å². The normalized spacial score (nSPS) is 12.3. The monoisotopic (exact) mass is 347 g/mol. The number of hydrogen-bond donors (Lipinski definition) is 3. The molecule has 2 aromatic carbocycles. The van der Waals surface area contributed by atoms with Crippen LogP contribution in [-0.4, -0.2) is 21.8 Å². The van der Waals surface area contributed by atoms with Gasteiger partial charge in [-0.1, -0.05) is 18.2 Å². The molecule has 1 heterocycles. The van der Waals surface area contributed by atoms with Crippen molar-refractivity contribution in [2.75, 3.05) is 6.54 Å².